The molecule has 0 fully saturated rings. The minimum absolute atomic E-state index is 0.0551. The van der Waals surface area contributed by atoms with Gasteiger partial charge in [-0.15, -0.1) is 0 Å². The van der Waals surface area contributed by atoms with Crippen LogP contribution in [0.25, 0.3) is 10.9 Å². The van der Waals surface area contributed by atoms with Crippen LogP contribution in [0.2, 0.25) is 0 Å². The monoisotopic (exact) mass is 347 g/mol. The first-order valence-electron chi connectivity index (χ1n) is 8.69. The molecular formula is C19H18BN3O3. The van der Waals surface area contributed by atoms with Crippen molar-refractivity contribution in [2.75, 3.05) is 18.5 Å². The van der Waals surface area contributed by atoms with Crippen molar-refractivity contribution in [1.82, 2.24) is 9.88 Å². The molecule has 130 valence electrons. The third-order valence-corrected chi connectivity index (χ3v) is 5.56. The van der Waals surface area contributed by atoms with Gasteiger partial charge < -0.3 is 24.8 Å². The predicted octanol–water partition coefficient (Wildman–Crippen LogP) is 0.995. The van der Waals surface area contributed by atoms with E-state index in [4.69, 9.17) is 0 Å². The average Bonchev–Trinajstić information content (AvgIpc) is 3.03. The van der Waals surface area contributed by atoms with Crippen LogP contribution in [0, 0.1) is 0 Å². The molecule has 0 spiro atoms. The maximum absolute atomic E-state index is 13.0. The number of hydrogen-bond acceptors (Lipinski definition) is 4. The zero-order valence-corrected chi connectivity index (χ0v) is 14.3. The SMILES string of the molecule is CN1c2ccccc2C(=O)N2CCc3c([nH]c4ccc(B(O)O)cc34)C21. The summed E-state index contributed by atoms with van der Waals surface area (Å²) >= 11 is 0. The van der Waals surface area contributed by atoms with Gasteiger partial charge >= 0.3 is 7.12 Å². The molecule has 5 rings (SSSR count). The maximum atomic E-state index is 13.0. The van der Waals surface area contributed by atoms with Crippen molar-refractivity contribution in [3.63, 3.8) is 0 Å². The first-order chi connectivity index (χ1) is 12.6. The van der Waals surface area contributed by atoms with Gasteiger partial charge in [-0.3, -0.25) is 4.79 Å². The largest absolute Gasteiger partial charge is 0.488 e. The van der Waals surface area contributed by atoms with Crippen molar-refractivity contribution in [2.45, 2.75) is 12.6 Å². The van der Waals surface area contributed by atoms with E-state index in [2.05, 4.69) is 9.88 Å². The summed E-state index contributed by atoms with van der Waals surface area (Å²) in [7, 11) is 0.516. The van der Waals surface area contributed by atoms with Crippen LogP contribution < -0.4 is 10.4 Å². The summed E-state index contributed by atoms with van der Waals surface area (Å²) in [5, 5.41) is 20.0. The van der Waals surface area contributed by atoms with Crippen LogP contribution in [-0.4, -0.2) is 46.5 Å². The van der Waals surface area contributed by atoms with Crippen molar-refractivity contribution in [3.8, 4) is 0 Å². The predicted molar refractivity (Wildman–Crippen MR) is 100 cm³/mol. The van der Waals surface area contributed by atoms with E-state index >= 15 is 0 Å². The normalized spacial score (nSPS) is 18.6. The lowest BCUT2D eigenvalue weighted by atomic mass is 9.79. The molecule has 0 radical (unpaired) electrons. The van der Waals surface area contributed by atoms with E-state index in [1.165, 1.54) is 0 Å². The molecule has 3 heterocycles. The molecule has 0 bridgehead atoms. The van der Waals surface area contributed by atoms with Gasteiger partial charge in [-0.2, -0.15) is 0 Å². The van der Waals surface area contributed by atoms with Gasteiger partial charge in [0.25, 0.3) is 5.91 Å². The number of para-hydroxylation sites is 1. The minimum Gasteiger partial charge on any atom is -0.423 e. The van der Waals surface area contributed by atoms with E-state index in [-0.39, 0.29) is 12.1 Å². The Balaban J connectivity index is 1.70. The molecule has 1 atom stereocenters. The molecule has 3 N–H and O–H groups in total. The van der Waals surface area contributed by atoms with Crippen molar-refractivity contribution in [3.05, 3.63) is 59.3 Å². The van der Waals surface area contributed by atoms with E-state index in [0.29, 0.717) is 12.0 Å². The maximum Gasteiger partial charge on any atom is 0.488 e. The molecule has 0 aliphatic carbocycles. The second-order valence-electron chi connectivity index (χ2n) is 6.95. The van der Waals surface area contributed by atoms with Crippen LogP contribution in [0.4, 0.5) is 5.69 Å². The first kappa shape index (κ1) is 15.5. The molecule has 1 amide bonds. The van der Waals surface area contributed by atoms with E-state index in [1.54, 1.807) is 6.07 Å². The number of rotatable bonds is 1. The van der Waals surface area contributed by atoms with Crippen LogP contribution in [0.15, 0.2) is 42.5 Å². The van der Waals surface area contributed by atoms with Crippen molar-refractivity contribution < 1.29 is 14.8 Å². The third-order valence-electron chi connectivity index (χ3n) is 5.56. The molecule has 26 heavy (non-hydrogen) atoms. The summed E-state index contributed by atoms with van der Waals surface area (Å²) in [6.07, 6.45) is 0.550. The molecule has 0 saturated carbocycles. The molecule has 0 saturated heterocycles. The average molecular weight is 347 g/mol. The van der Waals surface area contributed by atoms with Crippen molar-refractivity contribution in [1.29, 1.82) is 0 Å². The van der Waals surface area contributed by atoms with Crippen LogP contribution in [0.5, 0.6) is 0 Å². The lowest BCUT2D eigenvalue weighted by Gasteiger charge is -2.46. The summed E-state index contributed by atoms with van der Waals surface area (Å²) in [5.74, 6) is 0.0551. The van der Waals surface area contributed by atoms with Gasteiger partial charge in [0.15, 0.2) is 0 Å². The molecule has 1 unspecified atom stereocenters. The van der Waals surface area contributed by atoms with Gasteiger partial charge in [0.1, 0.15) is 6.17 Å². The highest BCUT2D eigenvalue weighted by Gasteiger charge is 2.41. The fraction of sp³-hybridized carbons (Fsp3) is 0.211. The number of nitrogens with one attached hydrogen (secondary N) is 1. The number of fused-ring (bicyclic) bond motifs is 6. The van der Waals surface area contributed by atoms with E-state index in [1.807, 2.05) is 48.3 Å². The Morgan fingerprint density at radius 3 is 2.81 bits per heavy atom. The van der Waals surface area contributed by atoms with E-state index in [0.717, 1.165) is 39.8 Å². The number of H-pyrrole nitrogens is 1. The summed E-state index contributed by atoms with van der Waals surface area (Å²) in [4.78, 5) is 20.5. The zero-order valence-electron chi connectivity index (χ0n) is 14.3. The first-order valence-corrected chi connectivity index (χ1v) is 8.69. The Morgan fingerprint density at radius 2 is 2.00 bits per heavy atom. The van der Waals surface area contributed by atoms with Gasteiger partial charge in [0, 0.05) is 24.5 Å². The zero-order chi connectivity index (χ0) is 18.0. The molecule has 7 heteroatoms. The Labute approximate surface area is 150 Å². The Hall–Kier alpha value is -2.77. The number of aromatic amines is 1. The lowest BCUT2D eigenvalue weighted by molar-refractivity contribution is 0.0634. The standard InChI is InChI=1S/C19H18BN3O3/c1-22-16-5-3-2-4-13(16)19(24)23-9-8-12-14-10-11(20(25)26)6-7-15(14)21-17(12)18(22)23/h2-7,10,18,21,25-26H,8-9H2,1H3. The topological polar surface area (TPSA) is 79.8 Å². The summed E-state index contributed by atoms with van der Waals surface area (Å²) < 4.78 is 0. The number of benzene rings is 2. The number of anilines is 1. The summed E-state index contributed by atoms with van der Waals surface area (Å²) in [6.45, 7) is 0.633. The van der Waals surface area contributed by atoms with E-state index < -0.39 is 7.12 Å². The Morgan fingerprint density at radius 1 is 1.19 bits per heavy atom. The highest BCUT2D eigenvalue weighted by molar-refractivity contribution is 6.58. The minimum atomic E-state index is -1.49. The second-order valence-corrected chi connectivity index (χ2v) is 6.95. The molecule has 2 aliphatic heterocycles. The molecule has 3 aromatic rings. The highest BCUT2D eigenvalue weighted by atomic mass is 16.4. The summed E-state index contributed by atoms with van der Waals surface area (Å²) in [6, 6.07) is 13.1. The number of nitrogens with zero attached hydrogens (tertiary/aromatic N) is 2. The molecule has 1 aromatic heterocycles. The van der Waals surface area contributed by atoms with Crippen molar-refractivity contribution >= 4 is 35.1 Å². The van der Waals surface area contributed by atoms with Gasteiger partial charge in [-0.25, -0.2) is 0 Å². The second kappa shape index (κ2) is 5.36. The van der Waals surface area contributed by atoms with Gasteiger partial charge in [0.2, 0.25) is 0 Å². The number of carbonyl (C=O) groups is 1. The summed E-state index contributed by atoms with van der Waals surface area (Å²) in [5.41, 5.74) is 5.22. The van der Waals surface area contributed by atoms with Crippen LogP contribution >= 0.6 is 0 Å². The van der Waals surface area contributed by atoms with Gasteiger partial charge in [0.05, 0.1) is 16.9 Å². The molecule has 2 aromatic carbocycles. The van der Waals surface area contributed by atoms with Crippen LogP contribution in [-0.2, 0) is 6.42 Å². The highest BCUT2D eigenvalue weighted by Crippen LogP contribution is 2.42. The van der Waals surface area contributed by atoms with E-state index in [9.17, 15) is 14.8 Å². The Bertz CT molecular complexity index is 1050. The smallest absolute Gasteiger partial charge is 0.423 e. The molecular weight excluding hydrogens is 329 g/mol. The van der Waals surface area contributed by atoms with Crippen LogP contribution in [0.1, 0.15) is 27.8 Å². The lowest BCUT2D eigenvalue weighted by Crippen LogP contribution is -2.51. The fourth-order valence-electron chi connectivity index (χ4n) is 4.31. The fourth-order valence-corrected chi connectivity index (χ4v) is 4.31. The van der Waals surface area contributed by atoms with Crippen molar-refractivity contribution in [2.24, 2.45) is 0 Å². The number of amides is 1. The Kier molecular flexibility index (Phi) is 3.19. The molecule has 2 aliphatic rings. The van der Waals surface area contributed by atoms with Gasteiger partial charge in [-0.05, 0) is 35.6 Å². The third kappa shape index (κ3) is 1.98. The quantitative estimate of drug-likeness (QED) is 0.574. The number of aromatic nitrogens is 1. The number of carbonyl (C=O) groups excluding carboxylic acids is 1. The molecule has 6 nitrogen and oxygen atoms in total. The van der Waals surface area contributed by atoms with Gasteiger partial charge in [-0.1, -0.05) is 24.3 Å². The van der Waals surface area contributed by atoms with Crippen LogP contribution in [0.3, 0.4) is 0 Å². The number of hydrogen-bond donors (Lipinski definition) is 3.